The molecule has 170 valence electrons. The van der Waals surface area contributed by atoms with E-state index in [-0.39, 0.29) is 5.75 Å². The van der Waals surface area contributed by atoms with Gasteiger partial charge >= 0.3 is 0 Å². The number of oxazole rings is 1. The summed E-state index contributed by atoms with van der Waals surface area (Å²) < 4.78 is 28.4. The molecule has 0 atom stereocenters. The molecule has 1 saturated heterocycles. The van der Waals surface area contributed by atoms with E-state index in [1.54, 1.807) is 6.26 Å². The number of nitrogens with one attached hydrogen (secondary N) is 2. The Balaban J connectivity index is 1.52. The molecule has 31 heavy (non-hydrogen) atoms. The van der Waals surface area contributed by atoms with E-state index in [2.05, 4.69) is 25.5 Å². The van der Waals surface area contributed by atoms with Gasteiger partial charge in [0.25, 0.3) is 0 Å². The van der Waals surface area contributed by atoms with Crippen LogP contribution in [-0.2, 0) is 16.4 Å². The zero-order chi connectivity index (χ0) is 22.3. The van der Waals surface area contributed by atoms with E-state index in [0.717, 1.165) is 49.7 Å². The van der Waals surface area contributed by atoms with Gasteiger partial charge in [0.2, 0.25) is 5.89 Å². The number of aromatic nitrogens is 1. The van der Waals surface area contributed by atoms with Crippen molar-refractivity contribution in [1.29, 1.82) is 0 Å². The summed E-state index contributed by atoms with van der Waals surface area (Å²) in [5.74, 6) is 1.58. The van der Waals surface area contributed by atoms with Gasteiger partial charge in [-0.1, -0.05) is 17.7 Å². The van der Waals surface area contributed by atoms with E-state index in [9.17, 15) is 8.42 Å². The normalized spacial score (nSPS) is 16.4. The van der Waals surface area contributed by atoms with Crippen molar-refractivity contribution in [2.45, 2.75) is 39.3 Å². The summed E-state index contributed by atoms with van der Waals surface area (Å²) in [6, 6.07) is 8.39. The summed E-state index contributed by atoms with van der Waals surface area (Å²) in [5, 5.41) is 6.79. The first-order valence-electron chi connectivity index (χ1n) is 10.8. The molecule has 1 aliphatic heterocycles. The van der Waals surface area contributed by atoms with Crippen molar-refractivity contribution in [1.82, 2.24) is 20.5 Å². The average Bonchev–Trinajstić information content (AvgIpc) is 3.21. The average molecular weight is 448 g/mol. The number of hydrogen-bond acceptors (Lipinski definition) is 6. The Morgan fingerprint density at radius 2 is 1.97 bits per heavy atom. The van der Waals surface area contributed by atoms with Crippen LogP contribution >= 0.6 is 0 Å². The number of nitrogens with zero attached hydrogens (tertiary/aromatic N) is 3. The Bertz CT molecular complexity index is 961. The second-order valence-corrected chi connectivity index (χ2v) is 10.4. The van der Waals surface area contributed by atoms with Crippen LogP contribution in [-0.4, -0.2) is 68.5 Å². The van der Waals surface area contributed by atoms with Crippen LogP contribution in [0, 0.1) is 6.92 Å². The number of benzene rings is 1. The van der Waals surface area contributed by atoms with Crippen LogP contribution in [0.5, 0.6) is 0 Å². The number of aryl methyl sites for hydroxylation is 1. The van der Waals surface area contributed by atoms with Gasteiger partial charge in [-0.2, -0.15) is 0 Å². The third-order valence-electron chi connectivity index (χ3n) is 5.30. The minimum atomic E-state index is -2.92. The third-order valence-corrected chi connectivity index (χ3v) is 6.22. The molecule has 8 nitrogen and oxygen atoms in total. The number of likely N-dealkylation sites (tertiary alicyclic amines) is 1. The summed E-state index contributed by atoms with van der Waals surface area (Å²) in [6.07, 6.45) is 4.85. The van der Waals surface area contributed by atoms with Crippen molar-refractivity contribution >= 4 is 15.8 Å². The summed E-state index contributed by atoms with van der Waals surface area (Å²) in [7, 11) is -2.92. The Hall–Kier alpha value is -2.39. The smallest absolute Gasteiger partial charge is 0.226 e. The highest BCUT2D eigenvalue weighted by Gasteiger charge is 2.20. The molecule has 3 rings (SSSR count). The minimum absolute atomic E-state index is 0.220. The molecule has 9 heteroatoms. The van der Waals surface area contributed by atoms with Gasteiger partial charge in [-0.05, 0) is 38.8 Å². The van der Waals surface area contributed by atoms with Gasteiger partial charge in [-0.3, -0.25) is 0 Å². The topological polar surface area (TPSA) is 99.8 Å². The Labute approximate surface area is 185 Å². The maximum absolute atomic E-state index is 11.4. The molecule has 0 saturated carbocycles. The van der Waals surface area contributed by atoms with Crippen molar-refractivity contribution in [2.24, 2.45) is 4.99 Å². The highest BCUT2D eigenvalue weighted by molar-refractivity contribution is 7.90. The molecule has 1 fully saturated rings. The summed E-state index contributed by atoms with van der Waals surface area (Å²) in [5.41, 5.74) is 2.93. The Morgan fingerprint density at radius 3 is 2.61 bits per heavy atom. The minimum Gasteiger partial charge on any atom is -0.444 e. The van der Waals surface area contributed by atoms with Crippen LogP contribution in [0.25, 0.3) is 11.5 Å². The largest absolute Gasteiger partial charge is 0.444 e. The van der Waals surface area contributed by atoms with Gasteiger partial charge in [0.15, 0.2) is 5.96 Å². The van der Waals surface area contributed by atoms with Crippen LogP contribution in [0.15, 0.2) is 39.9 Å². The van der Waals surface area contributed by atoms with E-state index in [1.807, 2.05) is 38.1 Å². The van der Waals surface area contributed by atoms with Crippen LogP contribution in [0.3, 0.4) is 0 Å². The fourth-order valence-corrected chi connectivity index (χ4v) is 4.07. The molecule has 1 aliphatic rings. The molecule has 1 aromatic carbocycles. The van der Waals surface area contributed by atoms with Crippen LogP contribution in [0.4, 0.5) is 0 Å². The molecule has 0 spiro atoms. The molecule has 0 bridgehead atoms. The van der Waals surface area contributed by atoms with Gasteiger partial charge in [0, 0.05) is 44.0 Å². The lowest BCUT2D eigenvalue weighted by Crippen LogP contribution is -2.49. The quantitative estimate of drug-likeness (QED) is 0.473. The molecular weight excluding hydrogens is 414 g/mol. The predicted molar refractivity (Wildman–Crippen MR) is 124 cm³/mol. The second kappa shape index (κ2) is 10.8. The fourth-order valence-electron chi connectivity index (χ4n) is 3.48. The van der Waals surface area contributed by atoms with Gasteiger partial charge in [-0.15, -0.1) is 0 Å². The van der Waals surface area contributed by atoms with Gasteiger partial charge in [-0.25, -0.2) is 18.4 Å². The zero-order valence-electron chi connectivity index (χ0n) is 18.6. The predicted octanol–water partition coefficient (Wildman–Crippen LogP) is 2.21. The van der Waals surface area contributed by atoms with E-state index >= 15 is 0 Å². The van der Waals surface area contributed by atoms with Crippen molar-refractivity contribution in [3.63, 3.8) is 0 Å². The number of aliphatic imine (C=N–C) groups is 1. The Kier molecular flexibility index (Phi) is 8.09. The van der Waals surface area contributed by atoms with Gasteiger partial charge in [0.1, 0.15) is 21.8 Å². The molecule has 0 unspecified atom stereocenters. The van der Waals surface area contributed by atoms with E-state index in [0.29, 0.717) is 25.0 Å². The standard InChI is InChI=1S/C22H33N5O3S/c1-4-23-22(26-19-9-11-27(12-10-19)13-14-31(3,28)29)24-15-20-16-30-21(25-20)18-7-5-17(2)6-8-18/h5-8,16,19H,4,9-15H2,1-3H3,(H2,23,24,26). The first-order chi connectivity index (χ1) is 14.8. The van der Waals surface area contributed by atoms with Crippen molar-refractivity contribution in [2.75, 3.05) is 38.2 Å². The molecule has 0 aliphatic carbocycles. The lowest BCUT2D eigenvalue weighted by molar-refractivity contribution is 0.216. The molecule has 2 heterocycles. The van der Waals surface area contributed by atoms with E-state index in [1.165, 1.54) is 11.8 Å². The lowest BCUT2D eigenvalue weighted by Gasteiger charge is -2.32. The van der Waals surface area contributed by atoms with Gasteiger partial charge in [0.05, 0.1) is 12.3 Å². The number of guanidine groups is 1. The fraction of sp³-hybridized carbons (Fsp3) is 0.545. The summed E-state index contributed by atoms with van der Waals surface area (Å²) in [6.45, 7) is 7.66. The summed E-state index contributed by atoms with van der Waals surface area (Å²) >= 11 is 0. The Morgan fingerprint density at radius 1 is 1.26 bits per heavy atom. The summed E-state index contributed by atoms with van der Waals surface area (Å²) in [4.78, 5) is 11.4. The maximum atomic E-state index is 11.4. The molecule has 1 aromatic heterocycles. The highest BCUT2D eigenvalue weighted by Crippen LogP contribution is 2.19. The van der Waals surface area contributed by atoms with E-state index in [4.69, 9.17) is 4.42 Å². The number of sulfone groups is 1. The number of rotatable bonds is 8. The second-order valence-electron chi connectivity index (χ2n) is 8.10. The first kappa shape index (κ1) is 23.3. The third kappa shape index (κ3) is 7.66. The molecule has 0 radical (unpaired) electrons. The van der Waals surface area contributed by atoms with Crippen molar-refractivity contribution < 1.29 is 12.8 Å². The van der Waals surface area contributed by atoms with Crippen molar-refractivity contribution in [3.05, 3.63) is 41.8 Å². The van der Waals surface area contributed by atoms with Crippen LogP contribution in [0.2, 0.25) is 0 Å². The number of piperidine rings is 1. The van der Waals surface area contributed by atoms with Gasteiger partial charge < -0.3 is 20.0 Å². The van der Waals surface area contributed by atoms with Crippen molar-refractivity contribution in [3.8, 4) is 11.5 Å². The monoisotopic (exact) mass is 447 g/mol. The van der Waals surface area contributed by atoms with Crippen LogP contribution < -0.4 is 10.6 Å². The molecule has 0 amide bonds. The van der Waals surface area contributed by atoms with E-state index < -0.39 is 9.84 Å². The maximum Gasteiger partial charge on any atom is 0.226 e. The molecule has 2 aromatic rings. The highest BCUT2D eigenvalue weighted by atomic mass is 32.2. The van der Waals surface area contributed by atoms with Crippen LogP contribution in [0.1, 0.15) is 31.0 Å². The first-order valence-corrected chi connectivity index (χ1v) is 12.8. The number of hydrogen-bond donors (Lipinski definition) is 2. The zero-order valence-corrected chi connectivity index (χ0v) is 19.4. The SMILES string of the molecule is CCNC(=NCc1coc(-c2ccc(C)cc2)n1)NC1CCN(CCS(C)(=O)=O)CC1. The molecular formula is C22H33N5O3S. The lowest BCUT2D eigenvalue weighted by atomic mass is 10.1. The molecule has 2 N–H and O–H groups in total.